The number of piperidine rings is 1. The number of carbonyl (C=O) groups excluding carboxylic acids is 3. The van der Waals surface area contributed by atoms with Gasteiger partial charge in [0.05, 0.1) is 18.5 Å². The number of ether oxygens (including phenoxy) is 1. The molecule has 0 spiro atoms. The number of nitrogens with one attached hydrogen (secondary N) is 1. The van der Waals surface area contributed by atoms with E-state index in [1.807, 2.05) is 43.3 Å². The van der Waals surface area contributed by atoms with Crippen LogP contribution in [0.5, 0.6) is 5.75 Å². The predicted molar refractivity (Wildman–Crippen MR) is 114 cm³/mol. The SMILES string of the molecule is CCOc1ccc(-c2cn(-c3ccc4c(c3)C(=O)N(C3CCC(=O)NC3=O)C4)nn2)cc1. The van der Waals surface area contributed by atoms with Gasteiger partial charge in [0.1, 0.15) is 17.5 Å². The summed E-state index contributed by atoms with van der Waals surface area (Å²) >= 11 is 0. The first-order valence-electron chi connectivity index (χ1n) is 10.5. The molecule has 1 N–H and O–H groups in total. The van der Waals surface area contributed by atoms with Crippen LogP contribution in [-0.2, 0) is 16.1 Å². The molecule has 32 heavy (non-hydrogen) atoms. The van der Waals surface area contributed by atoms with E-state index in [0.29, 0.717) is 36.5 Å². The van der Waals surface area contributed by atoms with Crippen LogP contribution in [0, 0.1) is 0 Å². The first-order chi connectivity index (χ1) is 15.5. The molecule has 3 amide bonds. The topological polar surface area (TPSA) is 106 Å². The number of rotatable bonds is 5. The quantitative estimate of drug-likeness (QED) is 0.620. The standard InChI is InChI=1S/C23H21N5O4/c1-2-32-17-7-4-14(5-8-17)19-13-28(26-25-19)16-6-3-15-12-27(23(31)18(15)11-16)20-9-10-21(29)24-22(20)30/h3-8,11,13,20H,2,9-10,12H2,1H3,(H,24,29,30). The smallest absolute Gasteiger partial charge is 0.255 e. The Hall–Kier alpha value is -4.01. The van der Waals surface area contributed by atoms with Gasteiger partial charge in [-0.05, 0) is 55.3 Å². The lowest BCUT2D eigenvalue weighted by Crippen LogP contribution is -2.52. The highest BCUT2D eigenvalue weighted by Gasteiger charge is 2.39. The minimum absolute atomic E-state index is 0.219. The van der Waals surface area contributed by atoms with Crippen LogP contribution in [-0.4, -0.2) is 50.3 Å². The number of carbonyl (C=O) groups is 3. The molecule has 2 aliphatic rings. The van der Waals surface area contributed by atoms with Crippen molar-refractivity contribution in [2.45, 2.75) is 32.4 Å². The fourth-order valence-corrected chi connectivity index (χ4v) is 4.10. The first kappa shape index (κ1) is 19.9. The van der Waals surface area contributed by atoms with Gasteiger partial charge in [0.2, 0.25) is 11.8 Å². The Morgan fingerprint density at radius 3 is 2.69 bits per heavy atom. The fourth-order valence-electron chi connectivity index (χ4n) is 4.10. The minimum atomic E-state index is -0.631. The van der Waals surface area contributed by atoms with Gasteiger partial charge in [-0.1, -0.05) is 11.3 Å². The normalized spacial score (nSPS) is 18.0. The summed E-state index contributed by atoms with van der Waals surface area (Å²) in [5, 5.41) is 10.8. The lowest BCUT2D eigenvalue weighted by atomic mass is 10.0. The number of fused-ring (bicyclic) bond motifs is 1. The fraction of sp³-hybridized carbons (Fsp3) is 0.261. The van der Waals surface area contributed by atoms with Crippen LogP contribution in [0.25, 0.3) is 16.9 Å². The summed E-state index contributed by atoms with van der Waals surface area (Å²) in [7, 11) is 0. The third-order valence-electron chi connectivity index (χ3n) is 5.73. The van der Waals surface area contributed by atoms with E-state index < -0.39 is 11.9 Å². The molecule has 1 fully saturated rings. The molecule has 1 atom stereocenters. The maximum absolute atomic E-state index is 13.0. The molecule has 2 aromatic carbocycles. The van der Waals surface area contributed by atoms with Crippen molar-refractivity contribution in [1.29, 1.82) is 0 Å². The van der Waals surface area contributed by atoms with Crippen LogP contribution in [0.1, 0.15) is 35.7 Å². The van der Waals surface area contributed by atoms with E-state index in [4.69, 9.17) is 4.74 Å². The Morgan fingerprint density at radius 1 is 1.12 bits per heavy atom. The molecule has 0 saturated carbocycles. The average Bonchev–Trinajstić information content (AvgIpc) is 3.40. The summed E-state index contributed by atoms with van der Waals surface area (Å²) in [6, 6.07) is 12.5. The molecule has 3 aromatic rings. The van der Waals surface area contributed by atoms with E-state index >= 15 is 0 Å². The largest absolute Gasteiger partial charge is 0.494 e. The van der Waals surface area contributed by atoms with Crippen molar-refractivity contribution < 1.29 is 19.1 Å². The number of imide groups is 1. The van der Waals surface area contributed by atoms with Gasteiger partial charge in [0, 0.05) is 24.1 Å². The summed E-state index contributed by atoms with van der Waals surface area (Å²) in [6.45, 7) is 2.88. The summed E-state index contributed by atoms with van der Waals surface area (Å²) in [4.78, 5) is 38.2. The van der Waals surface area contributed by atoms with Crippen molar-refractivity contribution >= 4 is 17.7 Å². The second kappa shape index (κ2) is 7.92. The highest BCUT2D eigenvalue weighted by Crippen LogP contribution is 2.29. The Kier molecular flexibility index (Phi) is 4.93. The number of amides is 3. The zero-order valence-corrected chi connectivity index (χ0v) is 17.4. The molecular formula is C23H21N5O4. The van der Waals surface area contributed by atoms with Crippen molar-refractivity contribution in [3.8, 4) is 22.7 Å². The molecule has 9 heteroatoms. The molecular weight excluding hydrogens is 410 g/mol. The number of hydrogen-bond donors (Lipinski definition) is 1. The molecule has 0 radical (unpaired) electrons. The summed E-state index contributed by atoms with van der Waals surface area (Å²) < 4.78 is 7.09. The zero-order chi connectivity index (χ0) is 22.2. The minimum Gasteiger partial charge on any atom is -0.494 e. The van der Waals surface area contributed by atoms with Crippen molar-refractivity contribution in [2.75, 3.05) is 6.61 Å². The van der Waals surface area contributed by atoms with Crippen LogP contribution >= 0.6 is 0 Å². The molecule has 162 valence electrons. The summed E-state index contributed by atoms with van der Waals surface area (Å²) in [5.41, 5.74) is 3.68. The molecule has 9 nitrogen and oxygen atoms in total. The maximum atomic E-state index is 13.0. The van der Waals surface area contributed by atoms with E-state index in [9.17, 15) is 14.4 Å². The lowest BCUT2D eigenvalue weighted by molar-refractivity contribution is -0.136. The van der Waals surface area contributed by atoms with Crippen molar-refractivity contribution in [3.63, 3.8) is 0 Å². The van der Waals surface area contributed by atoms with Gasteiger partial charge >= 0.3 is 0 Å². The van der Waals surface area contributed by atoms with Gasteiger partial charge < -0.3 is 9.64 Å². The summed E-state index contributed by atoms with van der Waals surface area (Å²) in [5.74, 6) is -0.143. The molecule has 1 aromatic heterocycles. The van der Waals surface area contributed by atoms with Gasteiger partial charge in [0.15, 0.2) is 0 Å². The van der Waals surface area contributed by atoms with E-state index in [1.54, 1.807) is 16.9 Å². The highest BCUT2D eigenvalue weighted by atomic mass is 16.5. The van der Waals surface area contributed by atoms with E-state index in [2.05, 4.69) is 15.6 Å². The van der Waals surface area contributed by atoms with Crippen LogP contribution in [0.3, 0.4) is 0 Å². The Bertz CT molecular complexity index is 1220. The first-order valence-corrected chi connectivity index (χ1v) is 10.5. The van der Waals surface area contributed by atoms with Crippen molar-refractivity contribution in [3.05, 3.63) is 59.8 Å². The van der Waals surface area contributed by atoms with Crippen LogP contribution in [0.2, 0.25) is 0 Å². The van der Waals surface area contributed by atoms with Gasteiger partial charge in [-0.25, -0.2) is 4.68 Å². The third kappa shape index (κ3) is 3.51. The lowest BCUT2D eigenvalue weighted by Gasteiger charge is -2.29. The Balaban J connectivity index is 1.37. The second-order valence-corrected chi connectivity index (χ2v) is 7.75. The van der Waals surface area contributed by atoms with Crippen molar-refractivity contribution in [2.24, 2.45) is 0 Å². The number of hydrogen-bond acceptors (Lipinski definition) is 6. The number of benzene rings is 2. The van der Waals surface area contributed by atoms with Gasteiger partial charge in [0.25, 0.3) is 5.91 Å². The third-order valence-corrected chi connectivity index (χ3v) is 5.73. The molecule has 1 saturated heterocycles. The molecule has 2 aliphatic heterocycles. The zero-order valence-electron chi connectivity index (χ0n) is 17.4. The molecule has 0 aliphatic carbocycles. The van der Waals surface area contributed by atoms with E-state index in [-0.39, 0.29) is 18.2 Å². The molecule has 3 heterocycles. The number of aromatic nitrogens is 3. The number of nitrogens with zero attached hydrogens (tertiary/aromatic N) is 4. The van der Waals surface area contributed by atoms with E-state index in [0.717, 1.165) is 16.9 Å². The molecule has 1 unspecified atom stereocenters. The van der Waals surface area contributed by atoms with Crippen molar-refractivity contribution in [1.82, 2.24) is 25.2 Å². The second-order valence-electron chi connectivity index (χ2n) is 7.75. The van der Waals surface area contributed by atoms with Crippen LogP contribution in [0.15, 0.2) is 48.7 Å². The van der Waals surface area contributed by atoms with Gasteiger partial charge in [-0.15, -0.1) is 5.10 Å². The molecule has 5 rings (SSSR count). The molecule has 0 bridgehead atoms. The maximum Gasteiger partial charge on any atom is 0.255 e. The van der Waals surface area contributed by atoms with Crippen LogP contribution < -0.4 is 10.1 Å². The van der Waals surface area contributed by atoms with E-state index in [1.165, 1.54) is 4.90 Å². The average molecular weight is 431 g/mol. The Morgan fingerprint density at radius 2 is 1.94 bits per heavy atom. The summed E-state index contributed by atoms with van der Waals surface area (Å²) in [6.07, 6.45) is 2.37. The Labute approximate surface area is 184 Å². The van der Waals surface area contributed by atoms with Gasteiger partial charge in [-0.3, -0.25) is 19.7 Å². The predicted octanol–water partition coefficient (Wildman–Crippen LogP) is 2.09. The van der Waals surface area contributed by atoms with Crippen LogP contribution in [0.4, 0.5) is 0 Å². The van der Waals surface area contributed by atoms with Gasteiger partial charge in [-0.2, -0.15) is 0 Å². The highest BCUT2D eigenvalue weighted by molar-refractivity contribution is 6.05. The monoisotopic (exact) mass is 431 g/mol.